The summed E-state index contributed by atoms with van der Waals surface area (Å²) in [5.41, 5.74) is 0.633. The first-order chi connectivity index (χ1) is 7.35. The summed E-state index contributed by atoms with van der Waals surface area (Å²) in [7, 11) is 0. The maximum Gasteiger partial charge on any atom is 0.307 e. The minimum absolute atomic E-state index is 0.0260. The zero-order valence-electron chi connectivity index (χ0n) is 9.00. The van der Waals surface area contributed by atoms with Crippen LogP contribution in [0.3, 0.4) is 0 Å². The number of benzene rings is 1. The van der Waals surface area contributed by atoms with Crippen LogP contribution in [0.15, 0.2) is 22.7 Å². The molecule has 2 atom stereocenters. The molecule has 86 valence electrons. The van der Waals surface area contributed by atoms with Gasteiger partial charge in [-0.25, -0.2) is 4.39 Å². The molecule has 0 spiro atoms. The summed E-state index contributed by atoms with van der Waals surface area (Å²) in [6.07, 6.45) is 0. The number of carboxylic acids is 1. The molecule has 0 bridgehead atoms. The lowest BCUT2D eigenvalue weighted by atomic mass is 10.0. The molecule has 1 aromatic rings. The standard InChI is InChI=1S/C12H12BrFO2/c1-12(2)9(10(12)11(15)16)6-3-4-8(14)7(13)5-6/h3-5,9-10H,1-2H3,(H,15,16). The van der Waals surface area contributed by atoms with Gasteiger partial charge in [0.25, 0.3) is 0 Å². The second-order valence-corrected chi connectivity index (χ2v) is 5.64. The van der Waals surface area contributed by atoms with Gasteiger partial charge in [-0.2, -0.15) is 0 Å². The summed E-state index contributed by atoms with van der Waals surface area (Å²) in [5, 5.41) is 9.06. The summed E-state index contributed by atoms with van der Waals surface area (Å²) in [5.74, 6) is -1.50. The zero-order chi connectivity index (χ0) is 12.1. The molecule has 0 aliphatic heterocycles. The average molecular weight is 287 g/mol. The number of hydrogen-bond donors (Lipinski definition) is 1. The van der Waals surface area contributed by atoms with Crippen LogP contribution in [0.1, 0.15) is 25.3 Å². The van der Waals surface area contributed by atoms with E-state index in [2.05, 4.69) is 15.9 Å². The highest BCUT2D eigenvalue weighted by molar-refractivity contribution is 9.10. The molecule has 16 heavy (non-hydrogen) atoms. The van der Waals surface area contributed by atoms with Crippen LogP contribution in [-0.2, 0) is 4.79 Å². The third-order valence-corrected chi connectivity index (χ3v) is 4.00. The molecule has 0 amide bonds. The van der Waals surface area contributed by atoms with E-state index in [0.29, 0.717) is 4.47 Å². The third kappa shape index (κ3) is 1.65. The summed E-state index contributed by atoms with van der Waals surface area (Å²) >= 11 is 3.11. The Hall–Kier alpha value is -0.900. The average Bonchev–Trinajstić information content (AvgIpc) is 2.74. The van der Waals surface area contributed by atoms with Gasteiger partial charge in [0.2, 0.25) is 0 Å². The Bertz CT molecular complexity index is 456. The molecule has 0 heterocycles. The Morgan fingerprint density at radius 2 is 2.12 bits per heavy atom. The highest BCUT2D eigenvalue weighted by Crippen LogP contribution is 2.64. The first-order valence-corrected chi connectivity index (χ1v) is 5.82. The highest BCUT2D eigenvalue weighted by Gasteiger charge is 2.62. The minimum Gasteiger partial charge on any atom is -0.481 e. The Balaban J connectivity index is 2.33. The summed E-state index contributed by atoms with van der Waals surface area (Å²) < 4.78 is 13.5. The molecule has 0 saturated heterocycles. The van der Waals surface area contributed by atoms with Crippen LogP contribution in [0.4, 0.5) is 4.39 Å². The molecule has 1 fully saturated rings. The van der Waals surface area contributed by atoms with E-state index in [9.17, 15) is 9.18 Å². The zero-order valence-corrected chi connectivity index (χ0v) is 10.6. The fourth-order valence-electron chi connectivity index (χ4n) is 2.43. The van der Waals surface area contributed by atoms with Crippen LogP contribution in [0.25, 0.3) is 0 Å². The van der Waals surface area contributed by atoms with Gasteiger partial charge in [-0.15, -0.1) is 0 Å². The maximum atomic E-state index is 13.1. The molecule has 1 N–H and O–H groups in total. The third-order valence-electron chi connectivity index (χ3n) is 3.40. The number of aliphatic carboxylic acids is 1. The van der Waals surface area contributed by atoms with E-state index in [4.69, 9.17) is 5.11 Å². The number of rotatable bonds is 2. The SMILES string of the molecule is CC1(C)C(C(=O)O)C1c1ccc(F)c(Br)c1. The van der Waals surface area contributed by atoms with Crippen molar-refractivity contribution in [3.63, 3.8) is 0 Å². The molecular formula is C12H12BrFO2. The molecule has 1 aliphatic rings. The second-order valence-electron chi connectivity index (χ2n) is 4.79. The predicted molar refractivity (Wildman–Crippen MR) is 61.7 cm³/mol. The molecule has 0 aromatic heterocycles. The quantitative estimate of drug-likeness (QED) is 0.905. The molecule has 2 nitrogen and oxygen atoms in total. The monoisotopic (exact) mass is 286 g/mol. The highest BCUT2D eigenvalue weighted by atomic mass is 79.9. The fraction of sp³-hybridized carbons (Fsp3) is 0.417. The summed E-state index contributed by atoms with van der Waals surface area (Å²) in [4.78, 5) is 11.0. The lowest BCUT2D eigenvalue weighted by Gasteiger charge is -2.03. The second kappa shape index (κ2) is 3.55. The van der Waals surface area contributed by atoms with E-state index in [1.54, 1.807) is 12.1 Å². The molecule has 1 aromatic carbocycles. The normalized spacial score (nSPS) is 26.5. The fourth-order valence-corrected chi connectivity index (χ4v) is 2.82. The van der Waals surface area contributed by atoms with Crippen molar-refractivity contribution in [1.29, 1.82) is 0 Å². The Morgan fingerprint density at radius 3 is 2.56 bits per heavy atom. The van der Waals surface area contributed by atoms with Gasteiger partial charge in [0, 0.05) is 5.92 Å². The molecule has 0 radical (unpaired) electrons. The van der Waals surface area contributed by atoms with E-state index >= 15 is 0 Å². The van der Waals surface area contributed by atoms with Gasteiger partial charge >= 0.3 is 5.97 Å². The van der Waals surface area contributed by atoms with Crippen molar-refractivity contribution < 1.29 is 14.3 Å². The summed E-state index contributed by atoms with van der Waals surface area (Å²) in [6.45, 7) is 3.85. The largest absolute Gasteiger partial charge is 0.481 e. The number of hydrogen-bond acceptors (Lipinski definition) is 1. The Morgan fingerprint density at radius 1 is 1.50 bits per heavy atom. The van der Waals surface area contributed by atoms with Crippen LogP contribution >= 0.6 is 15.9 Å². The molecule has 2 unspecified atom stereocenters. The lowest BCUT2D eigenvalue weighted by molar-refractivity contribution is -0.139. The lowest BCUT2D eigenvalue weighted by Crippen LogP contribution is -2.03. The number of carbonyl (C=O) groups is 1. The molecule has 1 aliphatic carbocycles. The van der Waals surface area contributed by atoms with Gasteiger partial charge in [0.15, 0.2) is 0 Å². The van der Waals surface area contributed by atoms with Gasteiger partial charge in [-0.1, -0.05) is 19.9 Å². The van der Waals surface area contributed by atoms with Crippen LogP contribution in [0, 0.1) is 17.2 Å². The summed E-state index contributed by atoms with van der Waals surface area (Å²) in [6, 6.07) is 4.70. The first kappa shape index (κ1) is 11.6. The van der Waals surface area contributed by atoms with Gasteiger partial charge < -0.3 is 5.11 Å². The van der Waals surface area contributed by atoms with Crippen molar-refractivity contribution >= 4 is 21.9 Å². The van der Waals surface area contributed by atoms with Gasteiger partial charge in [0.1, 0.15) is 5.82 Å². The molecule has 4 heteroatoms. The van der Waals surface area contributed by atoms with E-state index in [1.807, 2.05) is 13.8 Å². The van der Waals surface area contributed by atoms with Crippen molar-refractivity contribution in [2.24, 2.45) is 11.3 Å². The smallest absolute Gasteiger partial charge is 0.307 e. The van der Waals surface area contributed by atoms with Gasteiger partial charge in [-0.3, -0.25) is 4.79 Å². The predicted octanol–water partition coefficient (Wildman–Crippen LogP) is 3.41. The van der Waals surface area contributed by atoms with Crippen molar-refractivity contribution in [2.45, 2.75) is 19.8 Å². The van der Waals surface area contributed by atoms with Crippen LogP contribution in [0.5, 0.6) is 0 Å². The van der Waals surface area contributed by atoms with E-state index in [-0.39, 0.29) is 23.1 Å². The van der Waals surface area contributed by atoms with Crippen LogP contribution in [-0.4, -0.2) is 11.1 Å². The van der Waals surface area contributed by atoms with Gasteiger partial charge in [-0.05, 0) is 39.0 Å². The maximum absolute atomic E-state index is 13.1. The van der Waals surface area contributed by atoms with Gasteiger partial charge in [0.05, 0.1) is 10.4 Å². The number of halogens is 2. The van der Waals surface area contributed by atoms with Crippen molar-refractivity contribution in [3.8, 4) is 0 Å². The Kier molecular flexibility index (Phi) is 2.57. The van der Waals surface area contributed by atoms with Crippen molar-refractivity contribution in [1.82, 2.24) is 0 Å². The van der Waals surface area contributed by atoms with E-state index in [0.717, 1.165) is 5.56 Å². The molecule has 2 rings (SSSR count). The Labute approximate surface area is 102 Å². The molecule has 1 saturated carbocycles. The van der Waals surface area contributed by atoms with Crippen molar-refractivity contribution in [2.75, 3.05) is 0 Å². The minimum atomic E-state index is -0.782. The van der Waals surface area contributed by atoms with Crippen LogP contribution in [0.2, 0.25) is 0 Å². The first-order valence-electron chi connectivity index (χ1n) is 5.03. The van der Waals surface area contributed by atoms with E-state index < -0.39 is 5.97 Å². The van der Waals surface area contributed by atoms with Crippen molar-refractivity contribution in [3.05, 3.63) is 34.1 Å². The van der Waals surface area contributed by atoms with Crippen LogP contribution < -0.4 is 0 Å². The molecular weight excluding hydrogens is 275 g/mol. The van der Waals surface area contributed by atoms with E-state index in [1.165, 1.54) is 6.07 Å². The number of carboxylic acid groups (broad SMARTS) is 1. The topological polar surface area (TPSA) is 37.3 Å².